The number of rotatable bonds is 6. The second-order valence-electron chi connectivity index (χ2n) is 9.22. The van der Waals surface area contributed by atoms with E-state index in [1.54, 1.807) is 43.9 Å². The summed E-state index contributed by atoms with van der Waals surface area (Å²) in [6.07, 6.45) is 1.66. The van der Waals surface area contributed by atoms with Gasteiger partial charge in [-0.2, -0.15) is 0 Å². The van der Waals surface area contributed by atoms with E-state index in [-0.39, 0.29) is 35.9 Å². The monoisotopic (exact) mass is 422 g/mol. The Morgan fingerprint density at radius 2 is 1.79 bits per heavy atom. The van der Waals surface area contributed by atoms with Crippen molar-refractivity contribution < 1.29 is 18.0 Å². The second-order valence-corrected chi connectivity index (χ2v) is 12.0. The maximum atomic E-state index is 12.7. The number of carbonyl (C=O) groups is 2. The molecule has 1 N–H and O–H groups in total. The first kappa shape index (κ1) is 23.4. The zero-order valence-electron chi connectivity index (χ0n) is 18.2. The number of nitrogens with zero attached hydrogens (tertiary/aromatic N) is 1. The predicted octanol–water partition coefficient (Wildman–Crippen LogP) is 2.82. The molecule has 7 heteroatoms. The molecule has 1 heterocycles. The Labute approximate surface area is 175 Å². The second kappa shape index (κ2) is 9.28. The molecule has 2 amide bonds. The van der Waals surface area contributed by atoms with Crippen LogP contribution in [0.1, 0.15) is 63.4 Å². The van der Waals surface area contributed by atoms with E-state index in [1.165, 1.54) is 0 Å². The molecule has 1 fully saturated rings. The number of carbonyl (C=O) groups excluding carboxylic acids is 2. The quantitative estimate of drug-likeness (QED) is 0.764. The van der Waals surface area contributed by atoms with Crippen LogP contribution in [0.5, 0.6) is 0 Å². The molecular formula is C22H34N2O4S. The Balaban J connectivity index is 1.91. The SMILES string of the molecule is CC(C)NC(=O)c1cccc(CC(=O)N2CCC(CS(=O)(=O)C(C)(C)C)CC2)c1. The van der Waals surface area contributed by atoms with Gasteiger partial charge in [0.2, 0.25) is 5.91 Å². The summed E-state index contributed by atoms with van der Waals surface area (Å²) in [5.74, 6) is 0.163. The molecule has 1 aromatic rings. The summed E-state index contributed by atoms with van der Waals surface area (Å²) in [7, 11) is -3.15. The lowest BCUT2D eigenvalue weighted by atomic mass is 9.98. The number of hydrogen-bond donors (Lipinski definition) is 1. The minimum Gasteiger partial charge on any atom is -0.350 e. The van der Waals surface area contributed by atoms with E-state index >= 15 is 0 Å². The Bertz CT molecular complexity index is 833. The average molecular weight is 423 g/mol. The highest BCUT2D eigenvalue weighted by Crippen LogP contribution is 2.25. The van der Waals surface area contributed by atoms with Crippen molar-refractivity contribution in [3.63, 3.8) is 0 Å². The summed E-state index contributed by atoms with van der Waals surface area (Å²) < 4.78 is 24.1. The molecule has 1 aliphatic rings. The van der Waals surface area contributed by atoms with Crippen LogP contribution in [0.25, 0.3) is 0 Å². The Morgan fingerprint density at radius 3 is 2.34 bits per heavy atom. The molecular weight excluding hydrogens is 388 g/mol. The molecule has 162 valence electrons. The first-order valence-corrected chi connectivity index (χ1v) is 11.9. The van der Waals surface area contributed by atoms with Gasteiger partial charge < -0.3 is 10.2 Å². The number of amides is 2. The normalized spacial score (nSPS) is 16.1. The van der Waals surface area contributed by atoms with Gasteiger partial charge in [-0.3, -0.25) is 9.59 Å². The lowest BCUT2D eigenvalue weighted by molar-refractivity contribution is -0.131. The van der Waals surface area contributed by atoms with Crippen LogP contribution >= 0.6 is 0 Å². The molecule has 0 aliphatic carbocycles. The van der Waals surface area contributed by atoms with Crippen LogP contribution < -0.4 is 5.32 Å². The van der Waals surface area contributed by atoms with Crippen molar-refractivity contribution in [2.75, 3.05) is 18.8 Å². The highest BCUT2D eigenvalue weighted by molar-refractivity contribution is 7.92. The van der Waals surface area contributed by atoms with Gasteiger partial charge in [0.1, 0.15) is 0 Å². The largest absolute Gasteiger partial charge is 0.350 e. The minimum absolute atomic E-state index is 0.0172. The van der Waals surface area contributed by atoms with Gasteiger partial charge in [-0.1, -0.05) is 12.1 Å². The van der Waals surface area contributed by atoms with Crippen LogP contribution in [0.3, 0.4) is 0 Å². The molecule has 0 atom stereocenters. The fourth-order valence-electron chi connectivity index (χ4n) is 3.36. The van der Waals surface area contributed by atoms with Gasteiger partial charge in [0, 0.05) is 24.7 Å². The number of benzene rings is 1. The third-order valence-electron chi connectivity index (χ3n) is 5.32. The summed E-state index contributed by atoms with van der Waals surface area (Å²) in [6.45, 7) is 10.2. The third kappa shape index (κ3) is 6.56. The standard InChI is InChI=1S/C22H34N2O4S/c1-16(2)23-21(26)19-8-6-7-18(13-19)14-20(25)24-11-9-17(10-12-24)15-29(27,28)22(3,4)5/h6-8,13,16-17H,9-12,14-15H2,1-5H3,(H,23,26). The lowest BCUT2D eigenvalue weighted by Crippen LogP contribution is -2.42. The van der Waals surface area contributed by atoms with E-state index in [0.717, 1.165) is 5.56 Å². The number of piperidine rings is 1. The van der Waals surface area contributed by atoms with Crippen LogP contribution in [0.15, 0.2) is 24.3 Å². The van der Waals surface area contributed by atoms with Gasteiger partial charge in [0.15, 0.2) is 9.84 Å². The highest BCUT2D eigenvalue weighted by atomic mass is 32.2. The number of hydrogen-bond acceptors (Lipinski definition) is 4. The predicted molar refractivity (Wildman–Crippen MR) is 116 cm³/mol. The van der Waals surface area contributed by atoms with Gasteiger partial charge in [-0.05, 0) is 71.1 Å². The van der Waals surface area contributed by atoms with Gasteiger partial charge in [-0.15, -0.1) is 0 Å². The van der Waals surface area contributed by atoms with Crippen LogP contribution in [-0.2, 0) is 21.1 Å². The number of nitrogens with one attached hydrogen (secondary N) is 1. The zero-order chi connectivity index (χ0) is 21.8. The maximum Gasteiger partial charge on any atom is 0.251 e. The summed E-state index contributed by atoms with van der Waals surface area (Å²) in [5.41, 5.74) is 1.36. The van der Waals surface area contributed by atoms with Crippen molar-refractivity contribution in [2.24, 2.45) is 5.92 Å². The van der Waals surface area contributed by atoms with Crippen LogP contribution in [0.2, 0.25) is 0 Å². The fraction of sp³-hybridized carbons (Fsp3) is 0.636. The van der Waals surface area contributed by atoms with E-state index in [0.29, 0.717) is 31.5 Å². The molecule has 0 bridgehead atoms. The first-order valence-electron chi connectivity index (χ1n) is 10.3. The van der Waals surface area contributed by atoms with E-state index in [9.17, 15) is 18.0 Å². The van der Waals surface area contributed by atoms with Crippen molar-refractivity contribution in [2.45, 2.75) is 64.7 Å². The molecule has 1 aromatic carbocycles. The van der Waals surface area contributed by atoms with Crippen molar-refractivity contribution in [3.8, 4) is 0 Å². The molecule has 6 nitrogen and oxygen atoms in total. The Hall–Kier alpha value is -1.89. The number of likely N-dealkylation sites (tertiary alicyclic amines) is 1. The van der Waals surface area contributed by atoms with Gasteiger partial charge in [0.25, 0.3) is 5.91 Å². The van der Waals surface area contributed by atoms with E-state index in [1.807, 2.05) is 19.9 Å². The molecule has 0 unspecified atom stereocenters. The average Bonchev–Trinajstić information content (AvgIpc) is 2.60. The van der Waals surface area contributed by atoms with Crippen molar-refractivity contribution in [3.05, 3.63) is 35.4 Å². The molecule has 0 spiro atoms. The third-order valence-corrected chi connectivity index (χ3v) is 8.10. The van der Waals surface area contributed by atoms with Gasteiger partial charge in [-0.25, -0.2) is 8.42 Å². The summed E-state index contributed by atoms with van der Waals surface area (Å²) in [6, 6.07) is 7.20. The molecule has 0 aromatic heterocycles. The van der Waals surface area contributed by atoms with Crippen LogP contribution in [0.4, 0.5) is 0 Å². The summed E-state index contributed by atoms with van der Waals surface area (Å²) in [4.78, 5) is 26.7. The van der Waals surface area contributed by atoms with Crippen molar-refractivity contribution >= 4 is 21.7 Å². The van der Waals surface area contributed by atoms with Crippen LogP contribution in [0, 0.1) is 5.92 Å². The molecule has 1 aliphatic heterocycles. The zero-order valence-corrected chi connectivity index (χ0v) is 19.0. The molecule has 2 rings (SSSR count). The van der Waals surface area contributed by atoms with Crippen molar-refractivity contribution in [1.29, 1.82) is 0 Å². The molecule has 0 saturated carbocycles. The van der Waals surface area contributed by atoms with Gasteiger partial charge >= 0.3 is 0 Å². The lowest BCUT2D eigenvalue weighted by Gasteiger charge is -2.33. The van der Waals surface area contributed by atoms with Crippen molar-refractivity contribution in [1.82, 2.24) is 10.2 Å². The van der Waals surface area contributed by atoms with E-state index in [2.05, 4.69) is 5.32 Å². The first-order chi connectivity index (χ1) is 13.4. The smallest absolute Gasteiger partial charge is 0.251 e. The summed E-state index contributed by atoms with van der Waals surface area (Å²) in [5, 5.41) is 2.85. The number of sulfone groups is 1. The molecule has 1 saturated heterocycles. The fourth-order valence-corrected chi connectivity index (χ4v) is 4.82. The molecule has 29 heavy (non-hydrogen) atoms. The Morgan fingerprint density at radius 1 is 1.17 bits per heavy atom. The van der Waals surface area contributed by atoms with Gasteiger partial charge in [0.05, 0.1) is 16.9 Å². The topological polar surface area (TPSA) is 83.6 Å². The van der Waals surface area contributed by atoms with Crippen LogP contribution in [-0.4, -0.2) is 54.8 Å². The Kier molecular flexibility index (Phi) is 7.49. The molecule has 0 radical (unpaired) electrons. The maximum absolute atomic E-state index is 12.7. The highest BCUT2D eigenvalue weighted by Gasteiger charge is 2.33. The van der Waals surface area contributed by atoms with E-state index < -0.39 is 14.6 Å². The minimum atomic E-state index is -3.15. The summed E-state index contributed by atoms with van der Waals surface area (Å²) >= 11 is 0. The van der Waals surface area contributed by atoms with E-state index in [4.69, 9.17) is 0 Å².